The molecule has 2 aliphatic rings. The molecule has 0 aliphatic heterocycles. The van der Waals surface area contributed by atoms with Gasteiger partial charge in [-0.2, -0.15) is 0 Å². The number of rotatable bonds is 3. The lowest BCUT2D eigenvalue weighted by Gasteiger charge is -2.22. The topological polar surface area (TPSA) is 38.9 Å². The Morgan fingerprint density at radius 1 is 0.723 bits per heavy atom. The minimum Gasteiger partial charge on any atom is -0.452 e. The second-order valence-electron chi connectivity index (χ2n) is 13.3. The zero-order chi connectivity index (χ0) is 31.3. The lowest BCUT2D eigenvalue weighted by atomic mass is 9.81. The smallest absolute Gasteiger partial charge is 0.179 e. The molecule has 0 amide bonds. The van der Waals surface area contributed by atoms with E-state index in [0.717, 1.165) is 34.2 Å². The zero-order valence-electron chi connectivity index (χ0n) is 26.1. The van der Waals surface area contributed by atoms with E-state index < -0.39 is 0 Å². The Bertz CT molecular complexity index is 2650. The largest absolute Gasteiger partial charge is 0.452 e. The molecule has 0 saturated heterocycles. The molecule has 0 bridgehead atoms. The summed E-state index contributed by atoms with van der Waals surface area (Å²) < 4.78 is 9.02. The van der Waals surface area contributed by atoms with Gasteiger partial charge in [0.1, 0.15) is 23.1 Å². The second kappa shape index (κ2) is 9.84. The number of hydrogen-bond donors (Lipinski definition) is 0. The van der Waals surface area contributed by atoms with E-state index in [2.05, 4.69) is 122 Å². The van der Waals surface area contributed by atoms with Gasteiger partial charge in [0.2, 0.25) is 0 Å². The average Bonchev–Trinajstić information content (AvgIpc) is 3.76. The Balaban J connectivity index is 1.07. The van der Waals surface area contributed by atoms with Crippen LogP contribution in [0.5, 0.6) is 0 Å². The van der Waals surface area contributed by atoms with Crippen molar-refractivity contribution in [1.82, 2.24) is 9.97 Å². The van der Waals surface area contributed by atoms with E-state index in [9.17, 15) is 0 Å². The van der Waals surface area contributed by atoms with Crippen LogP contribution in [0.3, 0.4) is 0 Å². The number of aromatic nitrogens is 2. The molecule has 3 nitrogen and oxygen atoms in total. The second-order valence-corrected chi connectivity index (χ2v) is 14.3. The summed E-state index contributed by atoms with van der Waals surface area (Å²) in [4.78, 5) is 9.33. The molecule has 1 atom stereocenters. The first kappa shape index (κ1) is 26.9. The van der Waals surface area contributed by atoms with Gasteiger partial charge < -0.3 is 4.42 Å². The molecule has 0 fully saturated rings. The summed E-state index contributed by atoms with van der Waals surface area (Å²) >= 11 is 1.93. The number of nitrogens with zero attached hydrogens (tertiary/aromatic N) is 2. The van der Waals surface area contributed by atoms with Crippen molar-refractivity contribution in [2.24, 2.45) is 0 Å². The molecule has 0 N–H and O–H groups in total. The van der Waals surface area contributed by atoms with Crippen LogP contribution in [0.25, 0.3) is 70.1 Å². The monoisotopic (exact) mass is 622 g/mol. The fourth-order valence-corrected chi connectivity index (χ4v) is 9.47. The Kier molecular flexibility index (Phi) is 5.62. The summed E-state index contributed by atoms with van der Waals surface area (Å²) in [6.07, 6.45) is 9.21. The Labute approximate surface area is 276 Å². The van der Waals surface area contributed by atoms with Gasteiger partial charge >= 0.3 is 0 Å². The first-order valence-electron chi connectivity index (χ1n) is 16.3. The van der Waals surface area contributed by atoms with Crippen molar-refractivity contribution in [2.75, 3.05) is 0 Å². The molecule has 4 heteroatoms. The van der Waals surface area contributed by atoms with E-state index in [1.54, 1.807) is 6.33 Å². The molecular weight excluding hydrogens is 593 g/mol. The van der Waals surface area contributed by atoms with Gasteiger partial charge in [0, 0.05) is 36.9 Å². The molecule has 0 saturated carbocycles. The zero-order valence-corrected chi connectivity index (χ0v) is 26.9. The third kappa shape index (κ3) is 3.85. The van der Waals surface area contributed by atoms with E-state index in [0.29, 0.717) is 0 Å². The van der Waals surface area contributed by atoms with Crippen LogP contribution in [0, 0.1) is 0 Å². The highest BCUT2D eigenvalue weighted by atomic mass is 32.1. The number of hydrogen-bond acceptors (Lipinski definition) is 4. The first-order valence-corrected chi connectivity index (χ1v) is 17.1. The summed E-state index contributed by atoms with van der Waals surface area (Å²) in [5, 5.41) is 3.67. The highest BCUT2D eigenvalue weighted by Gasteiger charge is 2.35. The SMILES string of the molecule is CC1(C)c2ccccc2-c2ccc(-c3cccc4c3sc3c(C5C=CC=C(c6ncnc7c6oc6ccccc67)C5)cccc34)cc21. The van der Waals surface area contributed by atoms with Crippen LogP contribution in [-0.4, -0.2) is 9.97 Å². The van der Waals surface area contributed by atoms with Gasteiger partial charge in [-0.15, -0.1) is 11.3 Å². The molecule has 0 radical (unpaired) electrons. The highest BCUT2D eigenvalue weighted by molar-refractivity contribution is 7.26. The number of para-hydroxylation sites is 1. The molecule has 10 rings (SSSR count). The molecule has 47 heavy (non-hydrogen) atoms. The number of thiophene rings is 1. The van der Waals surface area contributed by atoms with E-state index in [1.807, 2.05) is 29.5 Å². The van der Waals surface area contributed by atoms with Crippen molar-refractivity contribution < 1.29 is 4.42 Å². The number of furan rings is 1. The number of fused-ring (bicyclic) bond motifs is 9. The van der Waals surface area contributed by atoms with Crippen molar-refractivity contribution in [3.63, 3.8) is 0 Å². The summed E-state index contributed by atoms with van der Waals surface area (Å²) in [5.41, 5.74) is 14.0. The molecule has 3 aromatic heterocycles. The summed E-state index contributed by atoms with van der Waals surface area (Å²) in [6, 6.07) is 37.7. The number of benzene rings is 5. The van der Waals surface area contributed by atoms with Crippen LogP contribution in [0.4, 0.5) is 0 Å². The maximum absolute atomic E-state index is 6.31. The van der Waals surface area contributed by atoms with E-state index in [1.165, 1.54) is 64.7 Å². The van der Waals surface area contributed by atoms with Gasteiger partial charge in [-0.05, 0) is 69.1 Å². The molecule has 1 unspecified atom stereocenters. The van der Waals surface area contributed by atoms with Gasteiger partial charge in [-0.1, -0.05) is 117 Å². The van der Waals surface area contributed by atoms with Gasteiger partial charge in [0.05, 0.1) is 0 Å². The van der Waals surface area contributed by atoms with Gasteiger partial charge in [0.15, 0.2) is 5.58 Å². The molecular formula is C43H30N2OS. The predicted octanol–water partition coefficient (Wildman–Crippen LogP) is 11.8. The molecule has 5 aromatic carbocycles. The quantitative estimate of drug-likeness (QED) is 0.197. The average molecular weight is 623 g/mol. The van der Waals surface area contributed by atoms with Crippen LogP contribution in [0.2, 0.25) is 0 Å². The fourth-order valence-electron chi connectivity index (χ4n) is 8.05. The first-order chi connectivity index (χ1) is 23.1. The molecule has 2 aliphatic carbocycles. The van der Waals surface area contributed by atoms with Gasteiger partial charge in [-0.3, -0.25) is 0 Å². The third-order valence-electron chi connectivity index (χ3n) is 10.4. The van der Waals surface area contributed by atoms with Crippen molar-refractivity contribution in [3.8, 4) is 22.3 Å². The summed E-state index contributed by atoms with van der Waals surface area (Å²) in [5.74, 6) is 0.226. The van der Waals surface area contributed by atoms with Gasteiger partial charge in [0.25, 0.3) is 0 Å². The van der Waals surface area contributed by atoms with Crippen molar-refractivity contribution in [1.29, 1.82) is 0 Å². The van der Waals surface area contributed by atoms with Crippen LogP contribution < -0.4 is 0 Å². The van der Waals surface area contributed by atoms with Crippen molar-refractivity contribution in [2.45, 2.75) is 31.6 Å². The number of allylic oxidation sites excluding steroid dienone is 4. The Morgan fingerprint density at radius 2 is 1.49 bits per heavy atom. The summed E-state index contributed by atoms with van der Waals surface area (Å²) in [7, 11) is 0. The lowest BCUT2D eigenvalue weighted by Crippen LogP contribution is -2.14. The van der Waals surface area contributed by atoms with Crippen LogP contribution >= 0.6 is 11.3 Å². The van der Waals surface area contributed by atoms with Crippen LogP contribution in [0.15, 0.2) is 132 Å². The molecule has 3 heterocycles. The molecule has 224 valence electrons. The minimum atomic E-state index is -0.0284. The Hall–Kier alpha value is -5.32. The molecule has 0 spiro atoms. The minimum absolute atomic E-state index is 0.0284. The van der Waals surface area contributed by atoms with E-state index in [-0.39, 0.29) is 11.3 Å². The van der Waals surface area contributed by atoms with Crippen LogP contribution in [-0.2, 0) is 5.41 Å². The Morgan fingerprint density at radius 3 is 2.43 bits per heavy atom. The molecule has 8 aromatic rings. The van der Waals surface area contributed by atoms with Gasteiger partial charge in [-0.25, -0.2) is 9.97 Å². The standard InChI is InChI=1S/C43H30N2OS/c1-43(2)35-18-5-3-12-30(35)31-21-20-26(23-36(31)43)29-15-9-17-33-32-16-8-14-28(41(32)47-42(29)33)25-10-7-11-27(22-25)38-40-39(45-24-44-38)34-13-4-6-19-37(34)46-40/h3-21,23-25H,22H2,1-2H3. The lowest BCUT2D eigenvalue weighted by molar-refractivity contribution is 0.660. The van der Waals surface area contributed by atoms with E-state index in [4.69, 9.17) is 9.40 Å². The predicted molar refractivity (Wildman–Crippen MR) is 196 cm³/mol. The third-order valence-corrected chi connectivity index (χ3v) is 11.7. The van der Waals surface area contributed by atoms with Crippen molar-refractivity contribution >= 4 is 59.2 Å². The fraction of sp³-hybridized carbons (Fsp3) is 0.116. The summed E-state index contributed by atoms with van der Waals surface area (Å²) in [6.45, 7) is 4.71. The maximum Gasteiger partial charge on any atom is 0.179 e. The van der Waals surface area contributed by atoms with Crippen molar-refractivity contribution in [3.05, 3.63) is 150 Å². The van der Waals surface area contributed by atoms with E-state index >= 15 is 0 Å². The highest BCUT2D eigenvalue weighted by Crippen LogP contribution is 2.51. The normalized spacial score (nSPS) is 16.6. The maximum atomic E-state index is 6.31. The van der Waals surface area contributed by atoms with Crippen LogP contribution in [0.1, 0.15) is 48.6 Å².